The molecule has 0 fully saturated rings. The zero-order chi connectivity index (χ0) is 46.0. The van der Waals surface area contributed by atoms with Crippen LogP contribution in [0.2, 0.25) is 0 Å². The monoisotopic (exact) mass is 849 g/mol. The van der Waals surface area contributed by atoms with Crippen LogP contribution in [-0.4, -0.2) is 5.11 Å². The van der Waals surface area contributed by atoms with Crippen molar-refractivity contribution in [3.05, 3.63) is 104 Å². The summed E-state index contributed by atoms with van der Waals surface area (Å²) in [5.74, 6) is 0.917. The van der Waals surface area contributed by atoms with Gasteiger partial charge in [-0.3, -0.25) is 0 Å². The number of phenolic OH excluding ortho intramolecular Hbond substituents is 1. The van der Waals surface area contributed by atoms with E-state index in [0.717, 1.165) is 86.8 Å². The van der Waals surface area contributed by atoms with Crippen LogP contribution < -0.4 is 4.52 Å². The molecule has 0 aliphatic heterocycles. The van der Waals surface area contributed by atoms with Gasteiger partial charge in [0.05, 0.1) is 0 Å². The van der Waals surface area contributed by atoms with E-state index in [-0.39, 0.29) is 38.4 Å². The lowest BCUT2D eigenvalue weighted by Crippen LogP contribution is -2.21. The van der Waals surface area contributed by atoms with Gasteiger partial charge >= 0.3 is 8.24 Å². The molecule has 0 radical (unpaired) electrons. The van der Waals surface area contributed by atoms with Gasteiger partial charge in [-0.25, -0.2) is 0 Å². The van der Waals surface area contributed by atoms with Crippen molar-refractivity contribution in [2.45, 2.75) is 209 Å². The van der Waals surface area contributed by atoms with Crippen LogP contribution >= 0.6 is 8.24 Å². The number of aryl methyl sites for hydroxylation is 2. The molecule has 0 bridgehead atoms. The first-order chi connectivity index (χ1) is 27.9. The molecule has 5 rings (SSSR count). The lowest BCUT2D eigenvalue weighted by Gasteiger charge is -2.30. The van der Waals surface area contributed by atoms with E-state index in [1.807, 2.05) is 0 Å². The summed E-state index contributed by atoms with van der Waals surface area (Å²) in [6.45, 7) is 47.6. The molecule has 0 spiro atoms. The third-order valence-electron chi connectivity index (χ3n) is 14.6. The number of fused-ring (bicyclic) bond motifs is 3. The van der Waals surface area contributed by atoms with Crippen LogP contribution in [0.25, 0.3) is 21.9 Å². The molecule has 5 aromatic rings. The number of rotatable bonds is 12. The quantitative estimate of drug-likeness (QED) is 0.136. The maximum Gasteiger partial charge on any atom is 0.453 e. The zero-order valence-corrected chi connectivity index (χ0v) is 43.0. The first-order valence-corrected chi connectivity index (χ1v) is 24.2. The molecule has 61 heavy (non-hydrogen) atoms. The molecule has 1 N–H and O–H groups in total. The van der Waals surface area contributed by atoms with Crippen molar-refractivity contribution in [2.24, 2.45) is 0 Å². The number of phenols is 1. The highest BCUT2D eigenvalue weighted by Crippen LogP contribution is 2.51. The zero-order valence-electron chi connectivity index (χ0n) is 42.1. The van der Waals surface area contributed by atoms with E-state index in [9.17, 15) is 5.11 Å². The van der Waals surface area contributed by atoms with Gasteiger partial charge < -0.3 is 18.0 Å². The smallest absolute Gasteiger partial charge is 0.453 e. The average molecular weight is 849 g/mol. The number of aromatic hydroxyl groups is 1. The Morgan fingerprint density at radius 1 is 0.508 bits per heavy atom. The minimum Gasteiger partial charge on any atom is -0.507 e. The third-order valence-corrected chi connectivity index (χ3v) is 15.6. The highest BCUT2D eigenvalue weighted by Gasteiger charge is 2.34. The van der Waals surface area contributed by atoms with Gasteiger partial charge in [-0.1, -0.05) is 179 Å². The SMILES string of the molecule is CCC(C)(C)c1cc(C(C)(C)CC)c2op(Oc3c(C(C)c4cc(C)cc(C(C)(C)C)c4O)cc(C)cc3C(C)(C)C)oc3c(C(C)(C)CC)cc(C(C)(C)CC)cc3c2c1. The fourth-order valence-electron chi connectivity index (χ4n) is 8.37. The molecule has 0 aliphatic carbocycles. The summed E-state index contributed by atoms with van der Waals surface area (Å²) in [5.41, 5.74) is 11.9. The highest BCUT2D eigenvalue weighted by atomic mass is 31.1. The van der Waals surface area contributed by atoms with E-state index in [1.54, 1.807) is 0 Å². The fourth-order valence-corrected chi connectivity index (χ4v) is 9.52. The summed E-state index contributed by atoms with van der Waals surface area (Å²) >= 11 is 0. The summed E-state index contributed by atoms with van der Waals surface area (Å²) in [7, 11) is -2.05. The Morgan fingerprint density at radius 2 is 0.885 bits per heavy atom. The normalized spacial score (nSPS) is 13.9. The molecule has 4 nitrogen and oxygen atoms in total. The lowest BCUT2D eigenvalue weighted by atomic mass is 9.74. The summed E-state index contributed by atoms with van der Waals surface area (Å²) in [6.07, 6.45) is 3.89. The Labute approximate surface area is 371 Å². The van der Waals surface area contributed by atoms with E-state index >= 15 is 0 Å². The Kier molecular flexibility index (Phi) is 13.4. The maximum absolute atomic E-state index is 12.0. The van der Waals surface area contributed by atoms with Gasteiger partial charge in [0.25, 0.3) is 0 Å². The Morgan fingerprint density at radius 3 is 1.26 bits per heavy atom. The van der Waals surface area contributed by atoms with Crippen LogP contribution in [0.4, 0.5) is 0 Å². The minimum absolute atomic E-state index is 0.0588. The van der Waals surface area contributed by atoms with Gasteiger partial charge in [0.1, 0.15) is 22.7 Å². The van der Waals surface area contributed by atoms with E-state index in [0.29, 0.717) is 5.75 Å². The third kappa shape index (κ3) is 9.51. The van der Waals surface area contributed by atoms with Crippen molar-refractivity contribution >= 4 is 30.2 Å². The molecule has 0 saturated carbocycles. The summed E-state index contributed by atoms with van der Waals surface area (Å²) in [4.78, 5) is 0. The van der Waals surface area contributed by atoms with Gasteiger partial charge in [0, 0.05) is 44.5 Å². The minimum atomic E-state index is -2.05. The van der Waals surface area contributed by atoms with Crippen molar-refractivity contribution in [2.75, 3.05) is 0 Å². The fraction of sp³-hybridized carbons (Fsp3) is 0.571. The molecule has 0 amide bonds. The van der Waals surface area contributed by atoms with Gasteiger partial charge in [0.15, 0.2) is 0 Å². The molecule has 0 aliphatic rings. The predicted octanol–water partition coefficient (Wildman–Crippen LogP) is 18.0. The van der Waals surface area contributed by atoms with Gasteiger partial charge in [0.2, 0.25) is 0 Å². The Hall–Kier alpha value is -3.62. The van der Waals surface area contributed by atoms with Crippen molar-refractivity contribution in [1.29, 1.82) is 0 Å². The molecule has 1 unspecified atom stereocenters. The van der Waals surface area contributed by atoms with Crippen LogP contribution in [-0.2, 0) is 32.5 Å². The Balaban J connectivity index is 2.05. The van der Waals surface area contributed by atoms with Crippen LogP contribution in [0.5, 0.6) is 11.5 Å². The van der Waals surface area contributed by atoms with Crippen molar-refractivity contribution < 1.29 is 18.0 Å². The molecule has 1 atom stereocenters. The van der Waals surface area contributed by atoms with Crippen LogP contribution in [0.3, 0.4) is 0 Å². The van der Waals surface area contributed by atoms with Crippen molar-refractivity contribution in [3.63, 3.8) is 0 Å². The number of benzene rings is 4. The molecule has 5 heteroatoms. The molecule has 0 saturated heterocycles. The second-order valence-corrected chi connectivity index (χ2v) is 23.9. The topological polar surface area (TPSA) is 55.7 Å². The van der Waals surface area contributed by atoms with E-state index in [1.165, 1.54) is 22.3 Å². The second-order valence-electron chi connectivity index (χ2n) is 23.0. The average Bonchev–Trinajstić information content (AvgIpc) is 3.33. The van der Waals surface area contributed by atoms with Gasteiger partial charge in [-0.05, 0) is 101 Å². The summed E-state index contributed by atoms with van der Waals surface area (Å²) in [5, 5.41) is 14.2. The number of hydrogen-bond acceptors (Lipinski definition) is 4. The van der Waals surface area contributed by atoms with Gasteiger partial charge in [-0.2, -0.15) is 0 Å². The molecular formula is C56H81O4P. The van der Waals surface area contributed by atoms with Crippen molar-refractivity contribution in [3.8, 4) is 11.5 Å². The standard InChI is InChI=1S/C56H81O4P/c1-22-53(14,15)37-30-41-42-31-38(54(16,17)23-2)33-46(56(20,21)25-4)50(42)60-61(59-49(41)45(32-37)55(18,19)24-3)58-48-40(27-35(6)29-44(48)52(11,12)13)36(7)39-26-34(5)28-43(47(39)57)51(8,9)10/h26-33,36,57H,22-25H2,1-21H3. The molecule has 334 valence electrons. The summed E-state index contributed by atoms with van der Waals surface area (Å²) in [6, 6.07) is 18.4. The molecule has 4 aromatic carbocycles. The molecule has 1 heterocycles. The van der Waals surface area contributed by atoms with E-state index < -0.39 is 8.24 Å². The van der Waals surface area contributed by atoms with Gasteiger partial charge in [-0.15, -0.1) is 0 Å². The van der Waals surface area contributed by atoms with Crippen molar-refractivity contribution in [1.82, 2.24) is 0 Å². The van der Waals surface area contributed by atoms with E-state index in [4.69, 9.17) is 12.9 Å². The van der Waals surface area contributed by atoms with Crippen LogP contribution in [0.15, 0.2) is 56.9 Å². The van der Waals surface area contributed by atoms with Crippen LogP contribution in [0, 0.1) is 13.8 Å². The summed E-state index contributed by atoms with van der Waals surface area (Å²) < 4.78 is 22.3. The lowest BCUT2D eigenvalue weighted by molar-refractivity contribution is 0.437. The molecular weight excluding hydrogens is 768 g/mol. The predicted molar refractivity (Wildman–Crippen MR) is 265 cm³/mol. The van der Waals surface area contributed by atoms with Crippen LogP contribution in [0.1, 0.15) is 219 Å². The largest absolute Gasteiger partial charge is 0.507 e. The second kappa shape index (κ2) is 16.8. The maximum atomic E-state index is 12.0. The first kappa shape index (κ1) is 48.4. The first-order valence-electron chi connectivity index (χ1n) is 23.1. The number of hydrogen-bond donors (Lipinski definition) is 1. The Bertz CT molecular complexity index is 2360. The molecule has 1 aromatic heterocycles. The highest BCUT2D eigenvalue weighted by molar-refractivity contribution is 7.32. The van der Waals surface area contributed by atoms with E-state index in [2.05, 4.69) is 194 Å².